The topological polar surface area (TPSA) is 29.9 Å². The van der Waals surface area contributed by atoms with E-state index in [1.165, 1.54) is 19.3 Å². The largest absolute Gasteiger partial charge is 0.337 e. The highest BCUT2D eigenvalue weighted by Crippen LogP contribution is 2.13. The molecule has 3 nitrogen and oxygen atoms in total. The van der Waals surface area contributed by atoms with E-state index in [-0.39, 0.29) is 0 Å². The third-order valence-electron chi connectivity index (χ3n) is 3.10. The fraction of sp³-hybridized carbons (Fsp3) is 0.800. The highest BCUT2D eigenvalue weighted by Gasteiger charge is 2.11. The van der Waals surface area contributed by atoms with E-state index in [1.807, 2.05) is 18.7 Å². The molecule has 0 aliphatic carbocycles. The summed E-state index contributed by atoms with van der Waals surface area (Å²) in [6.07, 6.45) is 9.49. The minimum absolute atomic E-state index is 0.674. The maximum absolute atomic E-state index is 4.06. The second-order valence-electron chi connectivity index (χ2n) is 6.06. The standard InChI is InChI=1S/C15H29N3/c1-13(2)10-15(11-14(3)4)17-6-5-8-18-9-7-16-12-18/h7,9,12-15,17H,5-6,8,10-11H2,1-4H3. The Morgan fingerprint density at radius 1 is 1.11 bits per heavy atom. The third-order valence-corrected chi connectivity index (χ3v) is 3.10. The zero-order valence-corrected chi connectivity index (χ0v) is 12.4. The van der Waals surface area contributed by atoms with Crippen LogP contribution in [0.3, 0.4) is 0 Å². The van der Waals surface area contributed by atoms with Gasteiger partial charge in [0, 0.05) is 25.0 Å². The molecule has 0 atom stereocenters. The Morgan fingerprint density at radius 2 is 1.78 bits per heavy atom. The number of hydrogen-bond acceptors (Lipinski definition) is 2. The zero-order chi connectivity index (χ0) is 13.4. The molecule has 1 aromatic heterocycles. The van der Waals surface area contributed by atoms with E-state index >= 15 is 0 Å². The lowest BCUT2D eigenvalue weighted by Crippen LogP contribution is -2.33. The van der Waals surface area contributed by atoms with Gasteiger partial charge in [-0.1, -0.05) is 27.7 Å². The summed E-state index contributed by atoms with van der Waals surface area (Å²) in [7, 11) is 0. The van der Waals surface area contributed by atoms with Crippen LogP contribution in [0, 0.1) is 11.8 Å². The van der Waals surface area contributed by atoms with Crippen molar-refractivity contribution >= 4 is 0 Å². The van der Waals surface area contributed by atoms with E-state index in [0.29, 0.717) is 6.04 Å². The summed E-state index contributed by atoms with van der Waals surface area (Å²) in [6.45, 7) is 11.4. The first-order valence-electron chi connectivity index (χ1n) is 7.27. The fourth-order valence-corrected chi connectivity index (χ4v) is 2.39. The van der Waals surface area contributed by atoms with Gasteiger partial charge >= 0.3 is 0 Å². The lowest BCUT2D eigenvalue weighted by molar-refractivity contribution is 0.355. The van der Waals surface area contributed by atoms with Crippen LogP contribution >= 0.6 is 0 Å². The Balaban J connectivity index is 2.19. The van der Waals surface area contributed by atoms with Crippen molar-refractivity contribution in [2.24, 2.45) is 11.8 Å². The number of aryl methyl sites for hydroxylation is 1. The van der Waals surface area contributed by atoms with Crippen molar-refractivity contribution in [3.63, 3.8) is 0 Å². The molecule has 1 rings (SSSR count). The number of nitrogens with zero attached hydrogens (tertiary/aromatic N) is 2. The molecule has 0 fully saturated rings. The van der Waals surface area contributed by atoms with Crippen LogP contribution < -0.4 is 5.32 Å². The van der Waals surface area contributed by atoms with Gasteiger partial charge in [-0.05, 0) is 37.6 Å². The second-order valence-corrected chi connectivity index (χ2v) is 6.06. The lowest BCUT2D eigenvalue weighted by atomic mass is 9.95. The van der Waals surface area contributed by atoms with Crippen molar-refractivity contribution in [2.45, 2.75) is 59.5 Å². The van der Waals surface area contributed by atoms with Crippen LogP contribution in [0.2, 0.25) is 0 Å². The van der Waals surface area contributed by atoms with Gasteiger partial charge in [-0.2, -0.15) is 0 Å². The average molecular weight is 251 g/mol. The molecule has 0 bridgehead atoms. The van der Waals surface area contributed by atoms with Gasteiger partial charge in [-0.15, -0.1) is 0 Å². The number of aromatic nitrogens is 2. The van der Waals surface area contributed by atoms with Gasteiger partial charge in [0.1, 0.15) is 0 Å². The van der Waals surface area contributed by atoms with Gasteiger partial charge < -0.3 is 9.88 Å². The van der Waals surface area contributed by atoms with Gasteiger partial charge in [0.15, 0.2) is 0 Å². The van der Waals surface area contributed by atoms with E-state index in [1.54, 1.807) is 0 Å². The molecule has 1 N–H and O–H groups in total. The normalized spacial score (nSPS) is 11.9. The second kappa shape index (κ2) is 8.30. The van der Waals surface area contributed by atoms with Crippen molar-refractivity contribution < 1.29 is 0 Å². The quantitative estimate of drug-likeness (QED) is 0.682. The Labute approximate surface area is 112 Å². The molecule has 0 radical (unpaired) electrons. The van der Waals surface area contributed by atoms with E-state index < -0.39 is 0 Å². The van der Waals surface area contributed by atoms with Gasteiger partial charge in [0.05, 0.1) is 6.33 Å². The first-order valence-corrected chi connectivity index (χ1v) is 7.27. The van der Waals surface area contributed by atoms with Gasteiger partial charge in [-0.25, -0.2) is 4.98 Å². The van der Waals surface area contributed by atoms with Crippen LogP contribution in [0.1, 0.15) is 47.0 Å². The van der Waals surface area contributed by atoms with E-state index in [0.717, 1.165) is 24.9 Å². The smallest absolute Gasteiger partial charge is 0.0945 e. The molecule has 0 saturated heterocycles. The Hall–Kier alpha value is -0.830. The van der Waals surface area contributed by atoms with Crippen LogP contribution in [0.4, 0.5) is 0 Å². The lowest BCUT2D eigenvalue weighted by Gasteiger charge is -2.22. The minimum atomic E-state index is 0.674. The van der Waals surface area contributed by atoms with Crippen molar-refractivity contribution in [1.82, 2.24) is 14.9 Å². The molecule has 3 heteroatoms. The zero-order valence-electron chi connectivity index (χ0n) is 12.4. The summed E-state index contributed by atoms with van der Waals surface area (Å²) in [6, 6.07) is 0.674. The van der Waals surface area contributed by atoms with Crippen LogP contribution in [-0.4, -0.2) is 22.1 Å². The minimum Gasteiger partial charge on any atom is -0.337 e. The van der Waals surface area contributed by atoms with E-state index in [2.05, 4.69) is 42.6 Å². The molecule has 0 aliphatic heterocycles. The molecule has 1 heterocycles. The molecule has 0 aliphatic rings. The number of hydrogen-bond donors (Lipinski definition) is 1. The van der Waals surface area contributed by atoms with Crippen LogP contribution in [-0.2, 0) is 6.54 Å². The van der Waals surface area contributed by atoms with Crippen LogP contribution in [0.25, 0.3) is 0 Å². The molecule has 0 unspecified atom stereocenters. The van der Waals surface area contributed by atoms with Crippen molar-refractivity contribution in [3.8, 4) is 0 Å². The summed E-state index contributed by atoms with van der Waals surface area (Å²) in [5, 5.41) is 3.71. The first-order chi connectivity index (χ1) is 8.58. The molecule has 0 saturated carbocycles. The summed E-state index contributed by atoms with van der Waals surface area (Å²) < 4.78 is 2.14. The molecular weight excluding hydrogens is 222 g/mol. The summed E-state index contributed by atoms with van der Waals surface area (Å²) >= 11 is 0. The molecule has 0 spiro atoms. The number of imidazole rings is 1. The molecule has 104 valence electrons. The predicted octanol–water partition coefficient (Wildman–Crippen LogP) is 3.32. The van der Waals surface area contributed by atoms with Crippen LogP contribution in [0.5, 0.6) is 0 Å². The maximum atomic E-state index is 4.06. The van der Waals surface area contributed by atoms with E-state index in [9.17, 15) is 0 Å². The van der Waals surface area contributed by atoms with Gasteiger partial charge in [0.2, 0.25) is 0 Å². The first kappa shape index (κ1) is 15.2. The van der Waals surface area contributed by atoms with Gasteiger partial charge in [-0.3, -0.25) is 0 Å². The van der Waals surface area contributed by atoms with Gasteiger partial charge in [0.25, 0.3) is 0 Å². The van der Waals surface area contributed by atoms with Crippen molar-refractivity contribution in [1.29, 1.82) is 0 Å². The monoisotopic (exact) mass is 251 g/mol. The SMILES string of the molecule is CC(C)CC(CC(C)C)NCCCn1ccnc1. The molecular formula is C15H29N3. The highest BCUT2D eigenvalue weighted by molar-refractivity contribution is 4.75. The average Bonchev–Trinajstić information content (AvgIpc) is 2.75. The van der Waals surface area contributed by atoms with Crippen molar-refractivity contribution in [2.75, 3.05) is 6.54 Å². The van der Waals surface area contributed by atoms with E-state index in [4.69, 9.17) is 0 Å². The maximum Gasteiger partial charge on any atom is 0.0945 e. The number of nitrogens with one attached hydrogen (secondary N) is 1. The molecule has 18 heavy (non-hydrogen) atoms. The Kier molecular flexibility index (Phi) is 7.02. The highest BCUT2D eigenvalue weighted by atomic mass is 15.0. The predicted molar refractivity (Wildman–Crippen MR) is 77.5 cm³/mol. The Bertz CT molecular complexity index is 281. The fourth-order valence-electron chi connectivity index (χ4n) is 2.39. The number of rotatable bonds is 9. The Morgan fingerprint density at radius 3 is 2.28 bits per heavy atom. The molecule has 0 amide bonds. The summed E-state index contributed by atoms with van der Waals surface area (Å²) in [5.41, 5.74) is 0. The molecule has 1 aromatic rings. The summed E-state index contributed by atoms with van der Waals surface area (Å²) in [5.74, 6) is 1.55. The van der Waals surface area contributed by atoms with Crippen LogP contribution in [0.15, 0.2) is 18.7 Å². The van der Waals surface area contributed by atoms with Crippen molar-refractivity contribution in [3.05, 3.63) is 18.7 Å². The third kappa shape index (κ3) is 6.80. The summed E-state index contributed by atoms with van der Waals surface area (Å²) in [4.78, 5) is 4.06. The molecule has 0 aromatic carbocycles.